The number of hydrogen-bond donors (Lipinski definition) is 3. The molecule has 0 aliphatic carbocycles. The number of carbonyl (C=O) groups excluding carboxylic acids is 1. The maximum Gasteiger partial charge on any atom is 0.189 e. The molecule has 7 aromatic carbocycles. The summed E-state index contributed by atoms with van der Waals surface area (Å²) in [7, 11) is 0. The van der Waals surface area contributed by atoms with Gasteiger partial charge in [0.25, 0.3) is 0 Å². The highest BCUT2D eigenvalue weighted by Gasteiger charge is 2.23. The van der Waals surface area contributed by atoms with E-state index in [9.17, 15) is 9.90 Å². The molecule has 3 atom stereocenters. The van der Waals surface area contributed by atoms with Crippen LogP contribution in [0, 0.1) is 48.5 Å². The number of ketones is 1. The van der Waals surface area contributed by atoms with Crippen LogP contribution in [0.2, 0.25) is 0 Å². The number of aliphatic hydroxyl groups excluding tert-OH is 2. The summed E-state index contributed by atoms with van der Waals surface area (Å²) in [6.07, 6.45) is 1.32. The van der Waals surface area contributed by atoms with Crippen LogP contribution in [0.1, 0.15) is 129 Å². The summed E-state index contributed by atoms with van der Waals surface area (Å²) in [5, 5.41) is 22.2. The second-order valence-corrected chi connectivity index (χ2v) is 22.7. The molecule has 0 fully saturated rings. The van der Waals surface area contributed by atoms with Crippen molar-refractivity contribution in [2.24, 2.45) is 10.8 Å². The first kappa shape index (κ1) is 70.7. The number of Topliss-reactive ketones (excluding diaryl/α,β-unsaturated/α-hetero) is 1. The molecule has 5 heterocycles. The highest BCUT2D eigenvalue weighted by Crippen LogP contribution is 2.32. The van der Waals surface area contributed by atoms with Crippen molar-refractivity contribution in [1.29, 1.82) is 0 Å². The van der Waals surface area contributed by atoms with E-state index in [1.807, 2.05) is 107 Å². The summed E-state index contributed by atoms with van der Waals surface area (Å²) in [6, 6.07) is 42.4. The molecule has 0 radical (unpaired) electrons. The Kier molecular flexibility index (Phi) is 29.8. The van der Waals surface area contributed by atoms with Crippen molar-refractivity contribution in [3.05, 3.63) is 272 Å². The first-order valence-electron chi connectivity index (χ1n) is 28.3. The number of halogens is 3. The number of aliphatic hydroxyl groups is 2. The van der Waals surface area contributed by atoms with Gasteiger partial charge in [-0.25, -0.2) is 0 Å². The van der Waals surface area contributed by atoms with E-state index >= 15 is 0 Å². The number of ether oxygens (including phenoxy) is 6. The van der Waals surface area contributed by atoms with E-state index in [0.29, 0.717) is 66.1 Å². The number of azide groups is 1. The molecule has 7 aromatic rings. The van der Waals surface area contributed by atoms with Gasteiger partial charge in [-0.15, -0.1) is 19.0 Å². The number of fused-ring (bicyclic) bond motifs is 5. The fourth-order valence-electron chi connectivity index (χ4n) is 10.5. The molecule has 0 spiro atoms. The highest BCUT2D eigenvalue weighted by atomic mass is 79.9. The number of nitrogens with two attached hydrogens (primary N) is 1. The zero-order valence-electron chi connectivity index (χ0n) is 50.4. The van der Waals surface area contributed by atoms with E-state index in [1.165, 1.54) is 50.1 Å². The lowest BCUT2D eigenvalue weighted by Crippen LogP contribution is -2.24. The van der Waals surface area contributed by atoms with Crippen LogP contribution in [0.15, 0.2) is 161 Å². The quantitative estimate of drug-likeness (QED) is 0.0475. The molecule has 0 aromatic heterocycles. The normalized spacial score (nSPS) is 16.4. The fourth-order valence-corrected chi connectivity index (χ4v) is 11.3. The Morgan fingerprint density at radius 3 is 1.53 bits per heavy atom. The monoisotopic (exact) mass is 1310 g/mol. The summed E-state index contributed by atoms with van der Waals surface area (Å²) >= 11 is 6.91. The number of aryl methyl sites for hydroxylation is 7. The Morgan fingerprint density at radius 1 is 0.581 bits per heavy atom. The summed E-state index contributed by atoms with van der Waals surface area (Å²) in [5.74, 6) is 0.106. The van der Waals surface area contributed by atoms with Crippen molar-refractivity contribution in [2.45, 2.75) is 113 Å². The minimum atomic E-state index is -0.435. The lowest BCUT2D eigenvalue weighted by atomic mass is 9.95. The van der Waals surface area contributed by atoms with Crippen LogP contribution in [0.3, 0.4) is 0 Å². The first-order valence-corrected chi connectivity index (χ1v) is 29.8. The molecule has 0 saturated heterocycles. The molecule has 4 N–H and O–H groups in total. The number of hydrogen-bond acceptors (Lipinski definition) is 11. The molecule has 16 heteroatoms. The van der Waals surface area contributed by atoms with E-state index in [4.69, 9.17) is 44.8 Å². The molecule has 456 valence electrons. The molecular formula is C70H81Br2ClN4O9. The van der Waals surface area contributed by atoms with Gasteiger partial charge in [0.05, 0.1) is 91.4 Å². The number of carbonyl (C=O) groups is 1. The van der Waals surface area contributed by atoms with Crippen LogP contribution in [0.25, 0.3) is 16.0 Å². The van der Waals surface area contributed by atoms with Crippen LogP contribution >= 0.6 is 44.3 Å². The third-order valence-electron chi connectivity index (χ3n) is 14.7. The van der Waals surface area contributed by atoms with Crippen LogP contribution in [-0.2, 0) is 74.7 Å². The van der Waals surface area contributed by atoms with Crippen molar-refractivity contribution < 1.29 is 43.4 Å². The van der Waals surface area contributed by atoms with E-state index in [0.717, 1.165) is 76.8 Å². The maximum atomic E-state index is 11.4. The summed E-state index contributed by atoms with van der Waals surface area (Å²) in [4.78, 5) is 14.2. The predicted molar refractivity (Wildman–Crippen MR) is 352 cm³/mol. The molecule has 0 bridgehead atoms. The average molecular weight is 1320 g/mol. The Balaban J connectivity index is 0.000000183. The van der Waals surface area contributed by atoms with Crippen molar-refractivity contribution in [3.8, 4) is 0 Å². The summed E-state index contributed by atoms with van der Waals surface area (Å²) in [5.41, 5.74) is 37.4. The maximum absolute atomic E-state index is 11.4. The van der Waals surface area contributed by atoms with Crippen LogP contribution in [0.4, 0.5) is 0 Å². The van der Waals surface area contributed by atoms with E-state index < -0.39 is 6.10 Å². The molecule has 5 aliphatic rings. The van der Waals surface area contributed by atoms with Gasteiger partial charge in [-0.3, -0.25) is 4.79 Å². The summed E-state index contributed by atoms with van der Waals surface area (Å²) in [6.45, 7) is 29.0. The largest absolute Gasteiger partial charge is 0.392 e. The Bertz CT molecular complexity index is 3310. The lowest BCUT2D eigenvalue weighted by Gasteiger charge is -2.24. The van der Waals surface area contributed by atoms with Crippen molar-refractivity contribution in [2.75, 3.05) is 39.6 Å². The van der Waals surface area contributed by atoms with E-state index in [-0.39, 0.29) is 43.5 Å². The second-order valence-electron chi connectivity index (χ2n) is 21.1. The van der Waals surface area contributed by atoms with Gasteiger partial charge in [0.15, 0.2) is 5.78 Å². The Morgan fingerprint density at radius 2 is 1.01 bits per heavy atom. The molecule has 0 amide bonds. The molecule has 12 rings (SSSR count). The number of benzene rings is 7. The van der Waals surface area contributed by atoms with Gasteiger partial charge in [-0.1, -0.05) is 177 Å². The molecular weight excluding hydrogens is 1240 g/mol. The van der Waals surface area contributed by atoms with Crippen molar-refractivity contribution >= 4 is 55.6 Å². The predicted octanol–water partition coefficient (Wildman–Crippen LogP) is 16.3. The standard InChI is InChI=1S/C11H13BrO.C11H12O.C10H11N3O.C10H13NO.C10H12O2.C10H10O2.C8H9BrO.ClH/c1-3-7-13-8-10-6-4-5-9(2)11(10)12;1-8-4-3-5-10-7-12-6-9(2)11(8)10;1-7-3-2-4-8-5-14-6-9(10(7)8)12-13-11;3*1-7-3-2-4-8-5-12-6-9(11)10(7)8;1-6-3-2-4-7(5-10)8(6)9;/h3-6H,1,7-8H2,2H3;3-5H,2,6-7H2,1H3;2-4,9H,5-6H2,1H3;2-4,9H,5-6,11H2,1H3;2-4,9,11H,5-6H2,1H3;2-4H,5-6H2,1H3;2-4,10H,5H2,1H3;1H. The Hall–Kier alpha value is -6.11. The minimum Gasteiger partial charge on any atom is -0.392 e. The average Bonchev–Trinajstić information content (AvgIpc) is 1.99. The van der Waals surface area contributed by atoms with E-state index in [2.05, 4.69) is 124 Å². The molecule has 13 nitrogen and oxygen atoms in total. The number of nitrogens with zero attached hydrogens (tertiary/aromatic N) is 3. The van der Waals surface area contributed by atoms with Gasteiger partial charge < -0.3 is 44.4 Å². The summed E-state index contributed by atoms with van der Waals surface area (Å²) < 4.78 is 33.9. The van der Waals surface area contributed by atoms with Crippen LogP contribution < -0.4 is 5.73 Å². The topological polar surface area (TPSA) is 188 Å². The zero-order valence-corrected chi connectivity index (χ0v) is 54.4. The van der Waals surface area contributed by atoms with Gasteiger partial charge in [0.2, 0.25) is 0 Å². The minimum absolute atomic E-state index is 0. The van der Waals surface area contributed by atoms with Gasteiger partial charge in [0, 0.05) is 19.4 Å². The second kappa shape index (κ2) is 36.3. The fraction of sp³-hybridized carbons (Fsp3) is 0.329. The number of rotatable bonds is 6. The van der Waals surface area contributed by atoms with Crippen LogP contribution in [-0.4, -0.2) is 55.6 Å². The third kappa shape index (κ3) is 20.0. The van der Waals surface area contributed by atoms with Gasteiger partial charge in [0.1, 0.15) is 12.7 Å². The van der Waals surface area contributed by atoms with Gasteiger partial charge in [-0.2, -0.15) is 0 Å². The third-order valence-corrected chi connectivity index (χ3v) is 16.9. The van der Waals surface area contributed by atoms with Gasteiger partial charge in [-0.05, 0) is 160 Å². The zero-order chi connectivity index (χ0) is 61.4. The smallest absolute Gasteiger partial charge is 0.189 e. The van der Waals surface area contributed by atoms with Crippen molar-refractivity contribution in [1.82, 2.24) is 0 Å². The molecule has 0 saturated carbocycles. The first-order chi connectivity index (χ1) is 41.0. The highest BCUT2D eigenvalue weighted by molar-refractivity contribution is 9.11. The van der Waals surface area contributed by atoms with E-state index in [1.54, 1.807) is 6.08 Å². The van der Waals surface area contributed by atoms with Crippen LogP contribution in [0.5, 0.6) is 0 Å². The molecule has 5 aliphatic heterocycles. The lowest BCUT2D eigenvalue weighted by molar-refractivity contribution is 0.00940. The van der Waals surface area contributed by atoms with Gasteiger partial charge >= 0.3 is 0 Å². The van der Waals surface area contributed by atoms with Crippen molar-refractivity contribution in [3.63, 3.8) is 0 Å². The SMILES string of the molecule is C=C1COCc2cccc(C)c21.C=CCOCc1cccc(C)c1Br.Cc1cccc(CO)c1Br.Cc1cccc2c1C(=O)COC2.Cc1cccc2c1C(N)COC2.Cc1cccc2c1C(N=[N+]=[N-])COC2.Cc1cccc2c1C(O)COC2.Cl. The molecule has 3 unspecified atom stereocenters. The molecule has 86 heavy (non-hydrogen) atoms. The Labute approximate surface area is 530 Å².